The Labute approximate surface area is 126 Å². The van der Waals surface area contributed by atoms with Crippen molar-refractivity contribution in [3.63, 3.8) is 0 Å². The molecule has 0 atom stereocenters. The molecular formula is C14H21ClN2O2S. The number of benzene rings is 1. The molecule has 0 unspecified atom stereocenters. The molecule has 0 radical (unpaired) electrons. The van der Waals surface area contributed by atoms with Gasteiger partial charge in [0.1, 0.15) is 0 Å². The third kappa shape index (κ3) is 4.19. The van der Waals surface area contributed by atoms with E-state index in [4.69, 9.17) is 11.6 Å². The van der Waals surface area contributed by atoms with Crippen LogP contribution in [0.25, 0.3) is 0 Å². The van der Waals surface area contributed by atoms with E-state index in [1.54, 1.807) is 24.3 Å². The van der Waals surface area contributed by atoms with Crippen molar-refractivity contribution in [2.45, 2.75) is 11.8 Å². The molecule has 1 aliphatic heterocycles. The van der Waals surface area contributed by atoms with Crippen molar-refractivity contribution in [3.8, 4) is 0 Å². The summed E-state index contributed by atoms with van der Waals surface area (Å²) >= 11 is 5.78. The maximum absolute atomic E-state index is 12.2. The Morgan fingerprint density at radius 1 is 1.05 bits per heavy atom. The first-order valence-electron chi connectivity index (χ1n) is 6.94. The molecule has 4 nitrogen and oxygen atoms in total. The molecule has 6 heteroatoms. The second kappa shape index (κ2) is 6.89. The van der Waals surface area contributed by atoms with Gasteiger partial charge >= 0.3 is 0 Å². The lowest BCUT2D eigenvalue weighted by molar-refractivity contribution is 0.143. The zero-order valence-electron chi connectivity index (χ0n) is 11.8. The lowest BCUT2D eigenvalue weighted by atomic mass is 10.3. The summed E-state index contributed by atoms with van der Waals surface area (Å²) < 4.78 is 24.5. The first kappa shape index (κ1) is 15.8. The van der Waals surface area contributed by atoms with Crippen LogP contribution in [0.2, 0.25) is 5.02 Å². The molecule has 1 aromatic rings. The van der Waals surface area contributed by atoms with Crippen LogP contribution in [-0.2, 0) is 9.84 Å². The molecule has 0 aromatic heterocycles. The highest BCUT2D eigenvalue weighted by atomic mass is 35.5. The second-order valence-corrected chi connectivity index (χ2v) is 7.59. The number of piperazine rings is 1. The van der Waals surface area contributed by atoms with Gasteiger partial charge in [0.05, 0.1) is 10.6 Å². The number of hydrogen-bond donors (Lipinski definition) is 0. The summed E-state index contributed by atoms with van der Waals surface area (Å²) in [6, 6.07) is 6.39. The Hall–Kier alpha value is -0.620. The van der Waals surface area contributed by atoms with Crippen LogP contribution >= 0.6 is 11.6 Å². The van der Waals surface area contributed by atoms with Crippen molar-refractivity contribution in [2.24, 2.45) is 0 Å². The van der Waals surface area contributed by atoms with Crippen LogP contribution in [0.1, 0.15) is 6.92 Å². The standard InChI is InChI=1S/C14H21ClN2O2S/c1-2-16-7-9-17(10-8-16)11-12-20(18,19)14-5-3-13(15)4-6-14/h3-6H,2,7-12H2,1H3. The Bertz CT molecular complexity index is 523. The Kier molecular flexibility index (Phi) is 5.43. The Morgan fingerprint density at radius 2 is 1.60 bits per heavy atom. The van der Waals surface area contributed by atoms with Crippen LogP contribution in [0, 0.1) is 0 Å². The minimum Gasteiger partial charge on any atom is -0.301 e. The van der Waals surface area contributed by atoms with Crippen molar-refractivity contribution in [1.82, 2.24) is 9.80 Å². The average molecular weight is 317 g/mol. The summed E-state index contributed by atoms with van der Waals surface area (Å²) in [5.74, 6) is 0.167. The van der Waals surface area contributed by atoms with Gasteiger partial charge in [0.15, 0.2) is 9.84 Å². The van der Waals surface area contributed by atoms with E-state index in [-0.39, 0.29) is 5.75 Å². The minimum absolute atomic E-state index is 0.167. The number of likely N-dealkylation sites (N-methyl/N-ethyl adjacent to an activating group) is 1. The van der Waals surface area contributed by atoms with E-state index in [9.17, 15) is 8.42 Å². The van der Waals surface area contributed by atoms with Crippen LogP contribution in [0.15, 0.2) is 29.2 Å². The summed E-state index contributed by atoms with van der Waals surface area (Å²) in [6.45, 7) is 7.77. The maximum atomic E-state index is 12.2. The monoisotopic (exact) mass is 316 g/mol. The van der Waals surface area contributed by atoms with Crippen molar-refractivity contribution >= 4 is 21.4 Å². The van der Waals surface area contributed by atoms with Gasteiger partial charge in [-0.25, -0.2) is 8.42 Å². The van der Waals surface area contributed by atoms with Crippen molar-refractivity contribution in [3.05, 3.63) is 29.3 Å². The van der Waals surface area contributed by atoms with E-state index in [0.717, 1.165) is 32.7 Å². The van der Waals surface area contributed by atoms with Gasteiger partial charge in [0.2, 0.25) is 0 Å². The number of sulfone groups is 1. The van der Waals surface area contributed by atoms with E-state index in [1.807, 2.05) is 0 Å². The molecule has 1 aromatic carbocycles. The van der Waals surface area contributed by atoms with E-state index in [1.165, 1.54) is 0 Å². The summed E-state index contributed by atoms with van der Waals surface area (Å²) in [7, 11) is -3.21. The summed E-state index contributed by atoms with van der Waals surface area (Å²) in [5.41, 5.74) is 0. The molecule has 20 heavy (non-hydrogen) atoms. The van der Waals surface area contributed by atoms with Crippen LogP contribution in [-0.4, -0.2) is 63.2 Å². The van der Waals surface area contributed by atoms with Crippen molar-refractivity contribution in [2.75, 3.05) is 45.0 Å². The smallest absolute Gasteiger partial charge is 0.179 e. The second-order valence-electron chi connectivity index (χ2n) is 5.05. The predicted octanol–water partition coefficient (Wildman–Crippen LogP) is 1.75. The quantitative estimate of drug-likeness (QED) is 0.830. The van der Waals surface area contributed by atoms with E-state index >= 15 is 0 Å². The number of halogens is 1. The van der Waals surface area contributed by atoms with E-state index in [0.29, 0.717) is 16.5 Å². The molecule has 0 bridgehead atoms. The van der Waals surface area contributed by atoms with Gasteiger partial charge in [0.25, 0.3) is 0 Å². The van der Waals surface area contributed by atoms with Crippen molar-refractivity contribution in [1.29, 1.82) is 0 Å². The Balaban J connectivity index is 1.88. The lowest BCUT2D eigenvalue weighted by Gasteiger charge is -2.33. The molecule has 0 aliphatic carbocycles. The minimum atomic E-state index is -3.21. The van der Waals surface area contributed by atoms with E-state index in [2.05, 4.69) is 16.7 Å². The van der Waals surface area contributed by atoms with Gasteiger partial charge < -0.3 is 4.90 Å². The summed E-state index contributed by atoms with van der Waals surface area (Å²) in [4.78, 5) is 4.96. The van der Waals surface area contributed by atoms with Gasteiger partial charge in [0, 0.05) is 37.7 Å². The highest BCUT2D eigenvalue weighted by Crippen LogP contribution is 2.15. The number of hydrogen-bond acceptors (Lipinski definition) is 4. The maximum Gasteiger partial charge on any atom is 0.179 e. The molecule has 1 heterocycles. The third-order valence-corrected chi connectivity index (χ3v) is 5.72. The molecule has 0 spiro atoms. The fraction of sp³-hybridized carbons (Fsp3) is 0.571. The van der Waals surface area contributed by atoms with Crippen molar-refractivity contribution < 1.29 is 8.42 Å². The van der Waals surface area contributed by atoms with Crippen LogP contribution in [0.3, 0.4) is 0 Å². The molecule has 2 rings (SSSR count). The highest BCUT2D eigenvalue weighted by molar-refractivity contribution is 7.91. The first-order valence-corrected chi connectivity index (χ1v) is 8.97. The normalized spacial score (nSPS) is 18.3. The van der Waals surface area contributed by atoms with Gasteiger partial charge in [-0.05, 0) is 30.8 Å². The van der Waals surface area contributed by atoms with Crippen LogP contribution in [0.4, 0.5) is 0 Å². The fourth-order valence-corrected chi connectivity index (χ4v) is 3.75. The highest BCUT2D eigenvalue weighted by Gasteiger charge is 2.19. The Morgan fingerprint density at radius 3 is 2.15 bits per heavy atom. The third-order valence-electron chi connectivity index (χ3n) is 3.76. The van der Waals surface area contributed by atoms with Gasteiger partial charge in [-0.15, -0.1) is 0 Å². The number of nitrogens with zero attached hydrogens (tertiary/aromatic N) is 2. The fourth-order valence-electron chi connectivity index (χ4n) is 2.34. The summed E-state index contributed by atoms with van der Waals surface area (Å²) in [5, 5.41) is 0.555. The van der Waals surface area contributed by atoms with Gasteiger partial charge in [-0.1, -0.05) is 18.5 Å². The van der Waals surface area contributed by atoms with Crippen LogP contribution in [0.5, 0.6) is 0 Å². The molecule has 0 N–H and O–H groups in total. The first-order chi connectivity index (χ1) is 9.51. The van der Waals surface area contributed by atoms with Gasteiger partial charge in [-0.3, -0.25) is 4.90 Å². The van der Waals surface area contributed by atoms with E-state index < -0.39 is 9.84 Å². The lowest BCUT2D eigenvalue weighted by Crippen LogP contribution is -2.47. The zero-order chi connectivity index (χ0) is 14.6. The van der Waals surface area contributed by atoms with Gasteiger partial charge in [-0.2, -0.15) is 0 Å². The molecule has 1 fully saturated rings. The zero-order valence-corrected chi connectivity index (χ0v) is 13.3. The SMILES string of the molecule is CCN1CCN(CCS(=O)(=O)c2ccc(Cl)cc2)CC1. The molecule has 0 amide bonds. The predicted molar refractivity (Wildman–Crippen MR) is 82.1 cm³/mol. The molecular weight excluding hydrogens is 296 g/mol. The molecule has 0 saturated carbocycles. The molecule has 1 saturated heterocycles. The average Bonchev–Trinajstić information content (AvgIpc) is 2.46. The molecule has 1 aliphatic rings. The number of rotatable bonds is 5. The van der Waals surface area contributed by atoms with Crippen LogP contribution < -0.4 is 0 Å². The molecule has 112 valence electrons. The largest absolute Gasteiger partial charge is 0.301 e. The summed E-state index contributed by atoms with van der Waals surface area (Å²) in [6.07, 6.45) is 0. The topological polar surface area (TPSA) is 40.6 Å².